The Balaban J connectivity index is 1.99. The Hall–Kier alpha value is -1.64. The lowest BCUT2D eigenvalue weighted by atomic mass is 10.1. The molecule has 3 heterocycles. The average Bonchev–Trinajstić information content (AvgIpc) is 3.08. The van der Waals surface area contributed by atoms with Crippen LogP contribution in [0, 0.1) is 0 Å². The van der Waals surface area contributed by atoms with Gasteiger partial charge in [-0.25, -0.2) is 15.0 Å². The molecule has 4 atom stereocenters. The maximum atomic E-state index is 12.0. The van der Waals surface area contributed by atoms with Crippen LogP contribution in [0.4, 0.5) is 5.82 Å². The van der Waals surface area contributed by atoms with E-state index >= 15 is 0 Å². The molecule has 15 nitrogen and oxygen atoms in total. The van der Waals surface area contributed by atoms with Crippen molar-refractivity contribution in [3.63, 3.8) is 0 Å². The predicted octanol–water partition coefficient (Wildman–Crippen LogP) is -3.86. The summed E-state index contributed by atoms with van der Waals surface area (Å²) < 4.78 is 17.7. The lowest BCUT2D eigenvalue weighted by Gasteiger charge is -2.16. The normalized spacial score (nSPS) is 26.1. The number of aromatic nitrogens is 4. The number of nitrogen functional groups attached to an aromatic ring is 1. The van der Waals surface area contributed by atoms with Gasteiger partial charge in [-0.3, -0.25) is 13.9 Å². The molecule has 28 heavy (non-hydrogen) atoms. The molecule has 3 rings (SSSR count). The van der Waals surface area contributed by atoms with Crippen molar-refractivity contribution in [2.24, 2.45) is 0 Å². The van der Waals surface area contributed by atoms with Gasteiger partial charge in [0.25, 0.3) is 0 Å². The van der Waals surface area contributed by atoms with Crippen LogP contribution < -0.4 is 11.3 Å². The van der Waals surface area contributed by atoms with Crippen LogP contribution in [-0.4, -0.2) is 84.5 Å². The number of nitrogens with zero attached hydrogens (tertiary/aromatic N) is 4. The summed E-state index contributed by atoms with van der Waals surface area (Å²) >= 11 is 0. The number of imidazole rings is 1. The zero-order chi connectivity index (χ0) is 21.0. The van der Waals surface area contributed by atoms with Gasteiger partial charge in [0.05, 0.1) is 6.33 Å². The van der Waals surface area contributed by atoms with Crippen LogP contribution in [0.2, 0.25) is 0 Å². The highest BCUT2D eigenvalue weighted by atomic mass is 31.2. The van der Waals surface area contributed by atoms with Crippen molar-refractivity contribution in [1.29, 1.82) is 0 Å². The van der Waals surface area contributed by atoms with Crippen LogP contribution in [-0.2, 0) is 14.1 Å². The van der Waals surface area contributed by atoms with Crippen LogP contribution in [0.15, 0.2) is 6.33 Å². The third-order valence-electron chi connectivity index (χ3n) is 3.89. The van der Waals surface area contributed by atoms with Crippen molar-refractivity contribution >= 4 is 43.9 Å². The largest absolute Gasteiger partial charge is 0.411 e. The standard InChI is InChI=1S/C11H15N5O10P2/c12-8-4-9(15-11(14-8)28(23,24)25)16(2-13-4)10-6(19)5(18)7(26-10)3(17)1-27(20,21)22/h2,5-7,10,18-22H,1H2,(H3-,12,14,15,23,24,25)/p+1/t5-,6+,7+,10+/m0/s1. The van der Waals surface area contributed by atoms with Crippen molar-refractivity contribution in [3.8, 4) is 0 Å². The number of rotatable bonds is 5. The zero-order valence-corrected chi connectivity index (χ0v) is 15.5. The fourth-order valence-corrected chi connectivity index (χ4v) is 3.76. The van der Waals surface area contributed by atoms with Gasteiger partial charge in [0.1, 0.15) is 17.7 Å². The number of fused-ring (bicyclic) bond motifs is 1. The van der Waals surface area contributed by atoms with Gasteiger partial charge in [-0.15, -0.1) is 0 Å². The first kappa shape index (κ1) is 21.1. The van der Waals surface area contributed by atoms with Gasteiger partial charge >= 0.3 is 15.5 Å². The third kappa shape index (κ3) is 3.90. The summed E-state index contributed by atoms with van der Waals surface area (Å²) in [5.74, 6) is -1.44. The first-order chi connectivity index (χ1) is 12.8. The summed E-state index contributed by atoms with van der Waals surface area (Å²) in [6, 6.07) is 0. The number of carbonyl (C=O) groups excluding carboxylic acids is 1. The van der Waals surface area contributed by atoms with E-state index in [1.807, 2.05) is 0 Å². The predicted molar refractivity (Wildman–Crippen MR) is 90.8 cm³/mol. The molecule has 0 saturated carbocycles. The van der Waals surface area contributed by atoms with Gasteiger partial charge in [0, 0.05) is 0 Å². The SMILES string of the molecule is Nc1nc(P(=O)(O)O)nc2c1ncn2[C@@H]1O[C@H](C(=O)C[P+](O)(O)O)[C@@H](O)[C@H]1O. The number of ether oxygens (including phenoxy) is 1. The highest BCUT2D eigenvalue weighted by Crippen LogP contribution is 2.45. The smallest absolute Gasteiger partial charge is 0.387 e. The Labute approximate surface area is 155 Å². The molecule has 0 bridgehead atoms. The molecular weight excluding hydrogens is 424 g/mol. The average molecular weight is 440 g/mol. The topological polar surface area (TPSA) is 255 Å². The van der Waals surface area contributed by atoms with Crippen LogP contribution in [0.5, 0.6) is 0 Å². The van der Waals surface area contributed by atoms with Crippen LogP contribution in [0.3, 0.4) is 0 Å². The summed E-state index contributed by atoms with van der Waals surface area (Å²) in [7, 11) is -9.37. The van der Waals surface area contributed by atoms with Gasteiger partial charge < -0.3 is 30.5 Å². The molecule has 17 heteroatoms. The first-order valence-electron chi connectivity index (χ1n) is 7.46. The molecule has 154 valence electrons. The Morgan fingerprint density at radius 3 is 2.46 bits per heavy atom. The van der Waals surface area contributed by atoms with Gasteiger partial charge in [-0.1, -0.05) is 0 Å². The van der Waals surface area contributed by atoms with Crippen molar-refractivity contribution in [3.05, 3.63) is 6.33 Å². The molecule has 2 aromatic heterocycles. The van der Waals surface area contributed by atoms with E-state index < -0.39 is 57.6 Å². The van der Waals surface area contributed by atoms with E-state index in [0.717, 1.165) is 10.9 Å². The van der Waals surface area contributed by atoms with Gasteiger partial charge in [-0.2, -0.15) is 14.7 Å². The monoisotopic (exact) mass is 440 g/mol. The second-order valence-corrected chi connectivity index (χ2v) is 9.21. The molecule has 0 aromatic carbocycles. The number of nitrogens with two attached hydrogens (primary N) is 1. The number of aliphatic hydroxyl groups excluding tert-OH is 2. The molecule has 1 saturated heterocycles. The summed E-state index contributed by atoms with van der Waals surface area (Å²) in [6.45, 7) is 0. The lowest BCUT2D eigenvalue weighted by Crippen LogP contribution is -2.37. The second-order valence-electron chi connectivity index (χ2n) is 6.02. The number of anilines is 1. The molecule has 9 N–H and O–H groups in total. The molecule has 0 radical (unpaired) electrons. The Bertz CT molecular complexity index is 971. The van der Waals surface area contributed by atoms with E-state index in [1.54, 1.807) is 0 Å². The number of carbonyl (C=O) groups is 1. The minimum atomic E-state index is -4.88. The van der Waals surface area contributed by atoms with Gasteiger partial charge in [0.2, 0.25) is 17.5 Å². The molecular formula is C11H16N5O10P2+. The highest BCUT2D eigenvalue weighted by molar-refractivity contribution is 7.59. The quantitative estimate of drug-likeness (QED) is 0.207. The van der Waals surface area contributed by atoms with E-state index in [-0.39, 0.29) is 17.0 Å². The van der Waals surface area contributed by atoms with E-state index in [0.29, 0.717) is 0 Å². The van der Waals surface area contributed by atoms with Crippen LogP contribution in [0.25, 0.3) is 11.2 Å². The summed E-state index contributed by atoms with van der Waals surface area (Å²) in [6.07, 6.45) is -6.81. The summed E-state index contributed by atoms with van der Waals surface area (Å²) in [4.78, 5) is 68.6. The van der Waals surface area contributed by atoms with Crippen LogP contribution in [0.1, 0.15) is 6.23 Å². The van der Waals surface area contributed by atoms with E-state index in [2.05, 4.69) is 15.0 Å². The molecule has 1 fully saturated rings. The second kappa shape index (κ2) is 7.00. The van der Waals surface area contributed by atoms with E-state index in [4.69, 9.17) is 25.2 Å². The van der Waals surface area contributed by atoms with Crippen molar-refractivity contribution in [1.82, 2.24) is 19.5 Å². The summed E-state index contributed by atoms with van der Waals surface area (Å²) in [5, 5.41) is 20.3. The molecule has 0 spiro atoms. The summed E-state index contributed by atoms with van der Waals surface area (Å²) in [5.41, 5.74) is 4.38. The first-order valence-corrected chi connectivity index (χ1v) is 10.9. The minimum Gasteiger partial charge on any atom is -0.387 e. The minimum absolute atomic E-state index is 0.0803. The molecule has 1 aliphatic rings. The molecule has 0 unspecified atom stereocenters. The molecule has 0 amide bonds. The number of Topliss-reactive ketones (excluding diaryl/α,β-unsaturated/α-hetero) is 1. The highest BCUT2D eigenvalue weighted by Gasteiger charge is 2.50. The zero-order valence-electron chi connectivity index (χ0n) is 13.7. The van der Waals surface area contributed by atoms with Crippen molar-refractivity contribution in [2.75, 3.05) is 11.9 Å². The number of hydrogen-bond donors (Lipinski definition) is 8. The number of ketones is 1. The maximum absolute atomic E-state index is 12.0. The van der Waals surface area contributed by atoms with E-state index in [1.165, 1.54) is 0 Å². The molecule has 1 aliphatic heterocycles. The number of hydrogen-bond acceptors (Lipinski definition) is 12. The van der Waals surface area contributed by atoms with Crippen LogP contribution >= 0.6 is 15.5 Å². The van der Waals surface area contributed by atoms with Gasteiger partial charge in [0.15, 0.2) is 23.8 Å². The van der Waals surface area contributed by atoms with Crippen molar-refractivity contribution in [2.45, 2.75) is 24.5 Å². The fraction of sp³-hybridized carbons (Fsp3) is 0.455. The van der Waals surface area contributed by atoms with E-state index in [9.17, 15) is 29.4 Å². The van der Waals surface area contributed by atoms with Crippen molar-refractivity contribution < 1.29 is 48.8 Å². The Morgan fingerprint density at radius 2 is 1.89 bits per heavy atom. The lowest BCUT2D eigenvalue weighted by molar-refractivity contribution is -0.133. The third-order valence-corrected chi connectivity index (χ3v) is 5.35. The molecule has 0 aliphatic carbocycles. The van der Waals surface area contributed by atoms with Gasteiger partial charge in [-0.05, 0) is 0 Å². The maximum Gasteiger partial charge on any atom is 0.411 e. The molecule has 2 aromatic rings. The Kier molecular flexibility index (Phi) is 5.27. The number of aliphatic hydroxyl groups is 2. The fourth-order valence-electron chi connectivity index (χ4n) is 2.70. The Morgan fingerprint density at radius 1 is 1.25 bits per heavy atom.